The average Bonchev–Trinajstić information content (AvgIpc) is 2.53. The van der Waals surface area contributed by atoms with Crippen LogP contribution in [0.4, 0.5) is 0 Å². The Balaban J connectivity index is 3.09. The van der Waals surface area contributed by atoms with E-state index in [1.807, 2.05) is 4.90 Å². The van der Waals surface area contributed by atoms with E-state index in [9.17, 15) is 19.8 Å². The van der Waals surface area contributed by atoms with Crippen LogP contribution in [0, 0.1) is 0 Å². The summed E-state index contributed by atoms with van der Waals surface area (Å²) in [6, 6.07) is 5.99. The Morgan fingerprint density at radius 3 is 2.20 bits per heavy atom. The fourth-order valence-electron chi connectivity index (χ4n) is 2.52. The first-order valence-electron chi connectivity index (χ1n) is 8.00. The number of carbonyl (C=O) groups excluding carboxylic acids is 1. The molecule has 0 aliphatic rings. The lowest BCUT2D eigenvalue weighted by Gasteiger charge is -2.31. The molecule has 136 valence electrons. The van der Waals surface area contributed by atoms with Crippen LogP contribution in [0.2, 0.25) is 0 Å². The summed E-state index contributed by atoms with van der Waals surface area (Å²) in [4.78, 5) is 25.9. The molecule has 1 aromatic carbocycles. The zero-order chi connectivity index (χ0) is 19.0. The van der Waals surface area contributed by atoms with Crippen molar-refractivity contribution >= 4 is 11.8 Å². The molecule has 0 spiro atoms. The summed E-state index contributed by atoms with van der Waals surface area (Å²) in [5.74, 6) is -1.34. The molecule has 0 aliphatic heterocycles. The Labute approximate surface area is 148 Å². The van der Waals surface area contributed by atoms with E-state index < -0.39 is 17.6 Å². The van der Waals surface area contributed by atoms with Gasteiger partial charge in [-0.1, -0.05) is 24.3 Å². The largest absolute Gasteiger partial charge is 0.508 e. The Morgan fingerprint density at radius 1 is 1.24 bits per heavy atom. The summed E-state index contributed by atoms with van der Waals surface area (Å²) in [6.07, 6.45) is 3.45. The van der Waals surface area contributed by atoms with Crippen LogP contribution in [0.5, 0.6) is 5.75 Å². The van der Waals surface area contributed by atoms with Gasteiger partial charge in [0.1, 0.15) is 11.3 Å². The second-order valence-electron chi connectivity index (χ2n) is 6.28. The number of benzene rings is 1. The predicted octanol–water partition coefficient (Wildman–Crippen LogP) is 1.74. The maximum atomic E-state index is 12.8. The normalized spacial score (nSPS) is 14.5. The van der Waals surface area contributed by atoms with E-state index in [0.29, 0.717) is 19.5 Å². The van der Waals surface area contributed by atoms with Gasteiger partial charge in [-0.2, -0.15) is 0 Å². The van der Waals surface area contributed by atoms with E-state index in [1.54, 1.807) is 36.4 Å². The van der Waals surface area contributed by atoms with Crippen LogP contribution >= 0.6 is 0 Å². The van der Waals surface area contributed by atoms with Gasteiger partial charge in [0.15, 0.2) is 5.78 Å². The monoisotopic (exact) mass is 346 g/mol. The van der Waals surface area contributed by atoms with Crippen molar-refractivity contribution in [2.45, 2.75) is 31.3 Å². The zero-order valence-electron chi connectivity index (χ0n) is 14.5. The number of phenols is 1. The van der Waals surface area contributed by atoms with E-state index in [-0.39, 0.29) is 18.0 Å². The van der Waals surface area contributed by atoms with Crippen LogP contribution in [0.1, 0.15) is 18.9 Å². The fourth-order valence-corrected chi connectivity index (χ4v) is 2.52. The summed E-state index contributed by atoms with van der Waals surface area (Å²) in [5, 5.41) is 18.6. The highest BCUT2D eigenvalue weighted by molar-refractivity contribution is 5.91. The quantitative estimate of drug-likeness (QED) is 0.527. The standard InChI is InChI=1S/C19H26N2O4/c1-4-10-21(11-5-2)16(12-14-6-8-15(22)9-7-14)17(23)13-19(3,20)18(24)25/h4-9,16,22H,1-2,10-13,20H2,3H3,(H,24,25)/t16-,19?/m0/s1. The van der Waals surface area contributed by atoms with E-state index in [2.05, 4.69) is 13.2 Å². The van der Waals surface area contributed by atoms with E-state index in [4.69, 9.17) is 5.73 Å². The maximum Gasteiger partial charge on any atom is 0.323 e. The lowest BCUT2D eigenvalue weighted by Crippen LogP contribution is -2.51. The van der Waals surface area contributed by atoms with Crippen LogP contribution < -0.4 is 5.73 Å². The van der Waals surface area contributed by atoms with Crippen molar-refractivity contribution < 1.29 is 19.8 Å². The molecule has 0 aliphatic carbocycles. The second-order valence-corrected chi connectivity index (χ2v) is 6.28. The van der Waals surface area contributed by atoms with Crippen molar-refractivity contribution in [2.24, 2.45) is 5.73 Å². The Hall–Kier alpha value is -2.44. The Morgan fingerprint density at radius 2 is 1.76 bits per heavy atom. The topological polar surface area (TPSA) is 104 Å². The molecule has 0 amide bonds. The van der Waals surface area contributed by atoms with Crippen LogP contribution in [-0.4, -0.2) is 51.5 Å². The molecule has 0 saturated heterocycles. The molecular weight excluding hydrogens is 320 g/mol. The van der Waals surface area contributed by atoms with Crippen molar-refractivity contribution in [2.75, 3.05) is 13.1 Å². The van der Waals surface area contributed by atoms with Gasteiger partial charge < -0.3 is 15.9 Å². The van der Waals surface area contributed by atoms with Crippen LogP contribution in [0.3, 0.4) is 0 Å². The number of carboxylic acid groups (broad SMARTS) is 1. The van der Waals surface area contributed by atoms with Crippen molar-refractivity contribution in [3.63, 3.8) is 0 Å². The summed E-state index contributed by atoms with van der Waals surface area (Å²) in [6.45, 7) is 9.65. The average molecular weight is 346 g/mol. The molecule has 0 radical (unpaired) electrons. The molecule has 2 atom stereocenters. The Kier molecular flexibility index (Phi) is 7.54. The van der Waals surface area contributed by atoms with Gasteiger partial charge in [0, 0.05) is 19.5 Å². The van der Waals surface area contributed by atoms with Crippen molar-refractivity contribution in [1.82, 2.24) is 4.90 Å². The molecule has 0 fully saturated rings. The minimum Gasteiger partial charge on any atom is -0.508 e. The van der Waals surface area contributed by atoms with Gasteiger partial charge in [-0.15, -0.1) is 13.2 Å². The van der Waals surface area contributed by atoms with E-state index >= 15 is 0 Å². The van der Waals surface area contributed by atoms with Gasteiger partial charge in [-0.25, -0.2) is 0 Å². The molecule has 0 aromatic heterocycles. The number of carboxylic acids is 1. The van der Waals surface area contributed by atoms with Gasteiger partial charge in [0.2, 0.25) is 0 Å². The molecule has 1 unspecified atom stereocenters. The number of ketones is 1. The molecular formula is C19H26N2O4. The minimum atomic E-state index is -1.63. The maximum absolute atomic E-state index is 12.8. The number of phenolic OH excluding ortho intramolecular Hbond substituents is 1. The first-order chi connectivity index (χ1) is 11.7. The van der Waals surface area contributed by atoms with E-state index in [0.717, 1.165) is 5.56 Å². The fraction of sp³-hybridized carbons (Fsp3) is 0.368. The summed E-state index contributed by atoms with van der Waals surface area (Å²) in [5.41, 5.74) is 4.97. The minimum absolute atomic E-state index is 0.140. The molecule has 1 aromatic rings. The number of aliphatic carboxylic acids is 1. The van der Waals surface area contributed by atoms with Crippen LogP contribution in [0.15, 0.2) is 49.6 Å². The Bertz CT molecular complexity index is 613. The van der Waals surface area contributed by atoms with Crippen molar-refractivity contribution in [1.29, 1.82) is 0 Å². The summed E-state index contributed by atoms with van der Waals surface area (Å²) in [7, 11) is 0. The predicted molar refractivity (Wildman–Crippen MR) is 97.4 cm³/mol. The lowest BCUT2D eigenvalue weighted by atomic mass is 9.90. The van der Waals surface area contributed by atoms with Gasteiger partial charge in [0.05, 0.1) is 6.04 Å². The highest BCUT2D eigenvalue weighted by Gasteiger charge is 2.35. The lowest BCUT2D eigenvalue weighted by molar-refractivity contribution is -0.145. The first kappa shape index (κ1) is 20.6. The second kappa shape index (κ2) is 9.15. The SMILES string of the molecule is C=CCN(CC=C)[C@@H](Cc1ccc(O)cc1)C(=O)CC(C)(N)C(=O)O. The number of hydrogen-bond donors (Lipinski definition) is 3. The molecule has 0 saturated carbocycles. The molecule has 0 heterocycles. The summed E-state index contributed by atoms with van der Waals surface area (Å²) < 4.78 is 0. The highest BCUT2D eigenvalue weighted by Crippen LogP contribution is 2.18. The van der Waals surface area contributed by atoms with Crippen LogP contribution in [0.25, 0.3) is 0 Å². The third kappa shape index (κ3) is 6.17. The van der Waals surface area contributed by atoms with Gasteiger partial charge in [-0.3, -0.25) is 14.5 Å². The molecule has 25 heavy (non-hydrogen) atoms. The molecule has 1 rings (SSSR count). The van der Waals surface area contributed by atoms with Crippen molar-refractivity contribution in [3.05, 3.63) is 55.1 Å². The molecule has 0 bridgehead atoms. The molecule has 6 nitrogen and oxygen atoms in total. The number of aromatic hydroxyl groups is 1. The molecule has 4 N–H and O–H groups in total. The highest BCUT2D eigenvalue weighted by atomic mass is 16.4. The van der Waals surface area contributed by atoms with Gasteiger partial charge in [-0.05, 0) is 31.0 Å². The molecule has 6 heteroatoms. The van der Waals surface area contributed by atoms with E-state index in [1.165, 1.54) is 6.92 Å². The van der Waals surface area contributed by atoms with Crippen molar-refractivity contribution in [3.8, 4) is 5.75 Å². The van der Waals surface area contributed by atoms with Gasteiger partial charge >= 0.3 is 5.97 Å². The smallest absolute Gasteiger partial charge is 0.323 e. The number of hydrogen-bond acceptors (Lipinski definition) is 5. The number of nitrogens with two attached hydrogens (primary N) is 1. The first-order valence-corrected chi connectivity index (χ1v) is 8.00. The third-order valence-electron chi connectivity index (χ3n) is 3.94. The number of Topliss-reactive ketones (excluding diaryl/α,β-unsaturated/α-hetero) is 1. The van der Waals surface area contributed by atoms with Gasteiger partial charge in [0.25, 0.3) is 0 Å². The number of carbonyl (C=O) groups is 2. The summed E-state index contributed by atoms with van der Waals surface area (Å²) >= 11 is 0. The van der Waals surface area contributed by atoms with Crippen LogP contribution in [-0.2, 0) is 16.0 Å². The number of nitrogens with zero attached hydrogens (tertiary/aromatic N) is 1. The third-order valence-corrected chi connectivity index (χ3v) is 3.94. The zero-order valence-corrected chi connectivity index (χ0v) is 14.5. The number of rotatable bonds is 11.